The zero-order valence-electron chi connectivity index (χ0n) is 58.1. The fourth-order valence-electron chi connectivity index (χ4n) is 11.2. The predicted molar refractivity (Wildman–Crippen MR) is 365 cm³/mol. The smallest absolute Gasteiger partial charge is 0.338 e. The molecule has 26 nitrogen and oxygen atoms in total. The molecule has 3 saturated heterocycles. The molecule has 0 amide bonds. The molecule has 0 aliphatic carbocycles. The SMILES string of the molecule is CC(=O)O[C@H]1[C@H]([C@@H](COC(=O)C(C)(C)C)O[C@@H]2O[C@@H]([C@@H](COC(=O)c3ccccc3)OC(=O)c3ccccc3)[C@H](OC(=O)c3ccccc3)[C@H]2OC(=O)c2ccccc2)O[C@@H](OC[C@@H](OC(=O)c2ccccc2)[C@@H]2OC(O)[C@H](OC(=O)c3ccccc3)[C@H]2OC(=O)c2ccccc2)[C@@H]1OC(=O)C(C)(C)C. The zero-order chi connectivity index (χ0) is 75.0. The first-order chi connectivity index (χ1) is 50.3. The second kappa shape index (κ2) is 35.0. The molecule has 3 aliphatic heterocycles. The van der Waals surface area contributed by atoms with Crippen LogP contribution in [0.25, 0.3) is 0 Å². The van der Waals surface area contributed by atoms with Crippen molar-refractivity contribution in [3.8, 4) is 0 Å². The Morgan fingerprint density at radius 3 is 1.04 bits per heavy atom. The van der Waals surface area contributed by atoms with Crippen molar-refractivity contribution in [3.05, 3.63) is 251 Å². The highest BCUT2D eigenvalue weighted by Crippen LogP contribution is 2.40. The molecule has 0 aromatic heterocycles. The predicted octanol–water partition coefficient (Wildman–Crippen LogP) is 9.24. The molecule has 105 heavy (non-hydrogen) atoms. The van der Waals surface area contributed by atoms with Gasteiger partial charge in [0.15, 0.2) is 67.7 Å². The minimum Gasteiger partial charge on any atom is -0.462 e. The Morgan fingerprint density at radius 1 is 0.333 bits per heavy atom. The van der Waals surface area contributed by atoms with Crippen molar-refractivity contribution in [2.45, 2.75) is 141 Å². The number of aliphatic hydroxyl groups is 1. The van der Waals surface area contributed by atoms with Crippen LogP contribution in [-0.4, -0.2) is 177 Å². The standard InChI is InChI=1S/C79H78O26/c1-46(80)94-61-59(103-74(64(61)105-77(90)79(5,6)7)92-44-55(96-68(83)49-33-19-10-20-34-49)57-60(99-69(84)50-35-21-11-22-36-50)63(73(88)98-57)101-71(86)52-39-25-13-26-40-52)56(45-93-76(89)78(2,3)4)97-75-65(102-72(87)53-41-27-14-28-42-53)62(100-70(85)51-37-23-12-24-38-51)58(104-75)54(95-67(82)48-31-17-9-18-32-48)43-91-66(81)47-29-15-8-16-30-47/h8-42,54-65,73-75,88H,43-45H2,1-7H3/t54-,55-,56-,57+,58+,59+,60+,61+,62+,63-,64-,65-,73?,74-,75-/m1/s1. The largest absolute Gasteiger partial charge is 0.462 e. The lowest BCUT2D eigenvalue weighted by atomic mass is 9.97. The van der Waals surface area contributed by atoms with E-state index >= 15 is 0 Å². The molecule has 3 fully saturated rings. The van der Waals surface area contributed by atoms with Gasteiger partial charge in [0, 0.05) is 6.92 Å². The van der Waals surface area contributed by atoms with Crippen molar-refractivity contribution in [1.29, 1.82) is 0 Å². The van der Waals surface area contributed by atoms with E-state index in [9.17, 15) is 53.1 Å². The summed E-state index contributed by atoms with van der Waals surface area (Å²) in [7, 11) is 0. The topological polar surface area (TPSA) is 329 Å². The summed E-state index contributed by atoms with van der Waals surface area (Å²) < 4.78 is 94.0. The summed E-state index contributed by atoms with van der Waals surface area (Å²) in [6, 6.07) is 53.3. The highest BCUT2D eigenvalue weighted by molar-refractivity contribution is 5.93. The quantitative estimate of drug-likeness (QED) is 0.0370. The highest BCUT2D eigenvalue weighted by atomic mass is 16.8. The molecule has 1 unspecified atom stereocenters. The summed E-state index contributed by atoms with van der Waals surface area (Å²) in [5.41, 5.74) is -2.53. The van der Waals surface area contributed by atoms with Gasteiger partial charge in [-0.3, -0.25) is 14.4 Å². The molecule has 10 rings (SSSR count). The van der Waals surface area contributed by atoms with E-state index in [-0.39, 0.29) is 38.9 Å². The van der Waals surface area contributed by atoms with E-state index in [4.69, 9.17) is 71.1 Å². The van der Waals surface area contributed by atoms with Crippen LogP contribution in [0, 0.1) is 10.8 Å². The first-order valence-corrected chi connectivity index (χ1v) is 33.6. The van der Waals surface area contributed by atoms with Crippen LogP contribution in [-0.2, 0) is 85.4 Å². The average Bonchev–Trinajstić information content (AvgIpc) is 1.63. The Morgan fingerprint density at radius 2 is 0.638 bits per heavy atom. The number of hydrogen-bond donors (Lipinski definition) is 1. The van der Waals surface area contributed by atoms with Crippen molar-refractivity contribution in [3.63, 3.8) is 0 Å². The zero-order valence-corrected chi connectivity index (χ0v) is 58.1. The lowest BCUT2D eigenvalue weighted by Crippen LogP contribution is -2.50. The van der Waals surface area contributed by atoms with Crippen LogP contribution >= 0.6 is 0 Å². The Balaban J connectivity index is 1.08. The van der Waals surface area contributed by atoms with Gasteiger partial charge in [-0.25, -0.2) is 33.6 Å². The molecule has 26 heteroatoms. The van der Waals surface area contributed by atoms with Gasteiger partial charge in [-0.05, 0) is 126 Å². The van der Waals surface area contributed by atoms with Gasteiger partial charge in [0.25, 0.3) is 0 Å². The lowest BCUT2D eigenvalue weighted by molar-refractivity contribution is -0.250. The molecule has 0 bridgehead atoms. The maximum absolute atomic E-state index is 14.7. The Hall–Kier alpha value is -11.0. The summed E-state index contributed by atoms with van der Waals surface area (Å²) >= 11 is 0. The van der Waals surface area contributed by atoms with E-state index in [1.54, 1.807) is 148 Å². The van der Waals surface area contributed by atoms with Crippen LogP contribution in [0.5, 0.6) is 0 Å². The second-order valence-electron chi connectivity index (χ2n) is 26.5. The van der Waals surface area contributed by atoms with E-state index in [1.165, 1.54) is 106 Å². The van der Waals surface area contributed by atoms with Crippen molar-refractivity contribution in [2.75, 3.05) is 19.8 Å². The highest BCUT2D eigenvalue weighted by Gasteiger charge is 2.60. The number of carbonyl (C=O) groups is 10. The Kier molecular flexibility index (Phi) is 25.5. The van der Waals surface area contributed by atoms with E-state index in [0.717, 1.165) is 6.92 Å². The molecular weight excluding hydrogens is 1360 g/mol. The number of esters is 10. The normalized spacial score (nSPS) is 22.8. The lowest BCUT2D eigenvalue weighted by Gasteiger charge is -2.32. The van der Waals surface area contributed by atoms with Gasteiger partial charge in [0.1, 0.15) is 37.6 Å². The van der Waals surface area contributed by atoms with E-state index < -0.39 is 182 Å². The second-order valence-corrected chi connectivity index (χ2v) is 26.5. The monoisotopic (exact) mass is 1440 g/mol. The fraction of sp³-hybridized carbons (Fsp3) is 0.342. The third-order valence-electron chi connectivity index (χ3n) is 16.6. The van der Waals surface area contributed by atoms with Crippen molar-refractivity contribution >= 4 is 59.7 Å². The van der Waals surface area contributed by atoms with Crippen LogP contribution in [0.1, 0.15) is 121 Å². The number of hydrogen-bond acceptors (Lipinski definition) is 26. The third kappa shape index (κ3) is 20.0. The number of aliphatic hydroxyl groups excluding tert-OH is 1. The van der Waals surface area contributed by atoms with Gasteiger partial charge in [-0.15, -0.1) is 0 Å². The van der Waals surface area contributed by atoms with Gasteiger partial charge in [-0.2, -0.15) is 0 Å². The van der Waals surface area contributed by atoms with Crippen LogP contribution in [0.2, 0.25) is 0 Å². The summed E-state index contributed by atoms with van der Waals surface area (Å²) in [4.78, 5) is 142. The van der Waals surface area contributed by atoms with Crippen molar-refractivity contribution in [2.24, 2.45) is 10.8 Å². The molecule has 3 heterocycles. The molecule has 550 valence electrons. The molecule has 7 aromatic rings. The summed E-state index contributed by atoms with van der Waals surface area (Å²) in [6.07, 6.45) is -28.6. The molecule has 7 aromatic carbocycles. The van der Waals surface area contributed by atoms with Gasteiger partial charge < -0.3 is 76.2 Å². The number of carbonyl (C=O) groups excluding carboxylic acids is 10. The van der Waals surface area contributed by atoms with Gasteiger partial charge >= 0.3 is 59.7 Å². The maximum atomic E-state index is 14.7. The van der Waals surface area contributed by atoms with Crippen LogP contribution < -0.4 is 0 Å². The summed E-state index contributed by atoms with van der Waals surface area (Å²) in [5.74, 6) is -9.78. The van der Waals surface area contributed by atoms with Gasteiger partial charge in [0.05, 0.1) is 56.4 Å². The van der Waals surface area contributed by atoms with Crippen LogP contribution in [0.3, 0.4) is 0 Å². The number of ether oxygens (including phenoxy) is 15. The third-order valence-corrected chi connectivity index (χ3v) is 16.6. The minimum absolute atomic E-state index is 0.00815. The molecule has 15 atom stereocenters. The first-order valence-electron chi connectivity index (χ1n) is 33.6. The van der Waals surface area contributed by atoms with Gasteiger partial charge in [0.2, 0.25) is 0 Å². The number of benzene rings is 7. The van der Waals surface area contributed by atoms with E-state index in [0.29, 0.717) is 0 Å². The number of rotatable bonds is 27. The molecule has 3 aliphatic rings. The molecular formula is C79H78O26. The van der Waals surface area contributed by atoms with Crippen molar-refractivity contribution in [1.82, 2.24) is 0 Å². The van der Waals surface area contributed by atoms with Gasteiger partial charge in [-0.1, -0.05) is 127 Å². The molecule has 0 radical (unpaired) electrons. The van der Waals surface area contributed by atoms with E-state index in [2.05, 4.69) is 0 Å². The van der Waals surface area contributed by atoms with Crippen LogP contribution in [0.4, 0.5) is 0 Å². The Bertz CT molecular complexity index is 4120. The average molecular weight is 1440 g/mol. The van der Waals surface area contributed by atoms with E-state index in [1.807, 2.05) is 0 Å². The summed E-state index contributed by atoms with van der Waals surface area (Å²) in [6.45, 7) is 7.52. The Labute approximate surface area is 603 Å². The maximum Gasteiger partial charge on any atom is 0.338 e. The fourth-order valence-corrected chi connectivity index (χ4v) is 11.2. The molecule has 0 saturated carbocycles. The molecule has 0 spiro atoms. The minimum atomic E-state index is -2.10. The first kappa shape index (κ1) is 76.6. The summed E-state index contributed by atoms with van der Waals surface area (Å²) in [5, 5.41) is 11.8. The molecule has 1 N–H and O–H groups in total. The van der Waals surface area contributed by atoms with Crippen molar-refractivity contribution < 1.29 is 124 Å². The van der Waals surface area contributed by atoms with Crippen LogP contribution in [0.15, 0.2) is 212 Å².